The fourth-order valence-corrected chi connectivity index (χ4v) is 3.36. The number of benzene rings is 1. The Hall–Kier alpha value is -2.47. The number of nitrogens with two attached hydrogens (primary N) is 1. The summed E-state index contributed by atoms with van der Waals surface area (Å²) in [6.07, 6.45) is 3.14. The summed E-state index contributed by atoms with van der Waals surface area (Å²) in [5.41, 5.74) is 8.39. The van der Waals surface area contributed by atoms with Crippen molar-refractivity contribution in [1.29, 1.82) is 0 Å². The van der Waals surface area contributed by atoms with Crippen molar-refractivity contribution >= 4 is 16.5 Å². The van der Waals surface area contributed by atoms with Crippen LogP contribution in [0.15, 0.2) is 47.3 Å². The second-order valence-corrected chi connectivity index (χ2v) is 6.61. The van der Waals surface area contributed by atoms with E-state index in [4.69, 9.17) is 5.73 Å². The molecule has 0 bridgehead atoms. The van der Waals surface area contributed by atoms with Crippen molar-refractivity contribution in [2.45, 2.75) is 32.7 Å². The normalized spacial score (nSPS) is 10.9. The predicted molar refractivity (Wildman–Crippen MR) is 99.0 cm³/mol. The monoisotopic (exact) mass is 340 g/mol. The summed E-state index contributed by atoms with van der Waals surface area (Å²) >= 11 is 1.39. The lowest BCUT2D eigenvalue weighted by molar-refractivity contribution is 0.530. The first-order chi connectivity index (χ1) is 11.7. The van der Waals surface area contributed by atoms with Gasteiger partial charge in [0.1, 0.15) is 5.69 Å². The first kappa shape index (κ1) is 16.4. The molecule has 0 aliphatic carbocycles. The molecule has 0 aliphatic heterocycles. The molecule has 0 spiro atoms. The van der Waals surface area contributed by atoms with Gasteiger partial charge in [-0.1, -0.05) is 61.4 Å². The first-order valence-electron chi connectivity index (χ1n) is 8.09. The van der Waals surface area contributed by atoms with Gasteiger partial charge in [0.2, 0.25) is 0 Å². The maximum Gasteiger partial charge on any atom is 0.266 e. The largest absolute Gasteiger partial charge is 0.375 e. The number of nitrogens with zero attached hydrogens (tertiary/aromatic N) is 3. The van der Waals surface area contributed by atoms with Crippen LogP contribution in [-0.2, 0) is 6.54 Å². The third-order valence-electron chi connectivity index (χ3n) is 3.76. The molecule has 0 saturated heterocycles. The third-order valence-corrected chi connectivity index (χ3v) is 4.67. The van der Waals surface area contributed by atoms with E-state index >= 15 is 0 Å². The van der Waals surface area contributed by atoms with Crippen molar-refractivity contribution in [2.75, 3.05) is 5.73 Å². The van der Waals surface area contributed by atoms with Crippen LogP contribution in [0.1, 0.15) is 26.2 Å². The molecule has 0 unspecified atom stereocenters. The Kier molecular flexibility index (Phi) is 5.05. The predicted octanol–water partition coefficient (Wildman–Crippen LogP) is 3.81. The summed E-state index contributed by atoms with van der Waals surface area (Å²) < 4.78 is 1.54. The average molecular weight is 340 g/mol. The average Bonchev–Trinajstić information content (AvgIpc) is 2.99. The van der Waals surface area contributed by atoms with E-state index in [1.807, 2.05) is 30.3 Å². The zero-order valence-corrected chi connectivity index (χ0v) is 14.4. The van der Waals surface area contributed by atoms with Crippen LogP contribution in [0.25, 0.3) is 21.8 Å². The van der Waals surface area contributed by atoms with Gasteiger partial charge in [-0.25, -0.2) is 9.67 Å². The zero-order valence-electron chi connectivity index (χ0n) is 13.6. The van der Waals surface area contributed by atoms with Gasteiger partial charge in [0.15, 0.2) is 5.13 Å². The highest BCUT2D eigenvalue weighted by atomic mass is 32.1. The Balaban J connectivity index is 2.01. The lowest BCUT2D eigenvalue weighted by Crippen LogP contribution is -2.22. The van der Waals surface area contributed by atoms with E-state index in [0.717, 1.165) is 41.1 Å². The highest BCUT2D eigenvalue weighted by Crippen LogP contribution is 2.36. The smallest absolute Gasteiger partial charge is 0.266 e. The minimum Gasteiger partial charge on any atom is -0.375 e. The van der Waals surface area contributed by atoms with Crippen LogP contribution in [0.2, 0.25) is 0 Å². The Labute approximate surface area is 144 Å². The standard InChI is InChI=1S/C18H20N4OS/c1-2-3-7-12-22-15(23)11-10-14(21-22)17-16(20-18(19)24-17)13-8-5-4-6-9-13/h4-6,8-11H,2-3,7,12H2,1H3,(H2,19,20). The number of nitrogen functional groups attached to an aromatic ring is 1. The Morgan fingerprint density at radius 1 is 1.12 bits per heavy atom. The van der Waals surface area contributed by atoms with Gasteiger partial charge in [-0.15, -0.1) is 0 Å². The molecule has 2 N–H and O–H groups in total. The lowest BCUT2D eigenvalue weighted by Gasteiger charge is -2.07. The van der Waals surface area contributed by atoms with Crippen LogP contribution in [0.5, 0.6) is 0 Å². The highest BCUT2D eigenvalue weighted by Gasteiger charge is 2.15. The summed E-state index contributed by atoms with van der Waals surface area (Å²) in [6, 6.07) is 13.2. The van der Waals surface area contributed by atoms with Gasteiger partial charge < -0.3 is 5.73 Å². The third kappa shape index (κ3) is 3.54. The Morgan fingerprint density at radius 2 is 1.92 bits per heavy atom. The minimum atomic E-state index is -0.0754. The summed E-state index contributed by atoms with van der Waals surface area (Å²) in [7, 11) is 0. The molecule has 0 atom stereocenters. The number of anilines is 1. The van der Waals surface area contributed by atoms with Gasteiger partial charge in [-0.3, -0.25) is 4.79 Å². The molecule has 1 aromatic carbocycles. The van der Waals surface area contributed by atoms with Gasteiger partial charge >= 0.3 is 0 Å². The topological polar surface area (TPSA) is 73.8 Å². The van der Waals surface area contributed by atoms with Crippen molar-refractivity contribution in [2.24, 2.45) is 0 Å². The van der Waals surface area contributed by atoms with Crippen molar-refractivity contribution in [1.82, 2.24) is 14.8 Å². The SMILES string of the molecule is CCCCCn1nc(-c2sc(N)nc2-c2ccccc2)ccc1=O. The Bertz CT molecular complexity index is 870. The van der Waals surface area contributed by atoms with E-state index in [2.05, 4.69) is 17.0 Å². The number of thiazole rings is 1. The maximum atomic E-state index is 12.0. The fourth-order valence-electron chi connectivity index (χ4n) is 2.54. The molecule has 6 heteroatoms. The van der Waals surface area contributed by atoms with Gasteiger partial charge in [0.25, 0.3) is 5.56 Å². The molecule has 0 amide bonds. The van der Waals surface area contributed by atoms with Crippen LogP contribution >= 0.6 is 11.3 Å². The molecule has 2 aromatic heterocycles. The molecule has 0 aliphatic rings. The number of rotatable bonds is 6. The van der Waals surface area contributed by atoms with Gasteiger partial charge in [0.05, 0.1) is 10.6 Å². The molecule has 3 aromatic rings. The highest BCUT2D eigenvalue weighted by molar-refractivity contribution is 7.19. The number of unbranched alkanes of at least 4 members (excludes halogenated alkanes) is 2. The minimum absolute atomic E-state index is 0.0754. The Morgan fingerprint density at radius 3 is 2.67 bits per heavy atom. The van der Waals surface area contributed by atoms with Crippen LogP contribution < -0.4 is 11.3 Å². The second kappa shape index (κ2) is 7.40. The van der Waals surface area contributed by atoms with E-state index in [1.165, 1.54) is 16.0 Å². The van der Waals surface area contributed by atoms with E-state index in [9.17, 15) is 4.79 Å². The summed E-state index contributed by atoms with van der Waals surface area (Å²) in [4.78, 5) is 17.4. The number of hydrogen-bond donors (Lipinski definition) is 1. The molecular formula is C18H20N4OS. The maximum absolute atomic E-state index is 12.0. The van der Waals surface area contributed by atoms with Crippen LogP contribution in [0.3, 0.4) is 0 Å². The van der Waals surface area contributed by atoms with Crippen molar-refractivity contribution in [3.05, 3.63) is 52.8 Å². The first-order valence-corrected chi connectivity index (χ1v) is 8.91. The molecule has 0 radical (unpaired) electrons. The summed E-state index contributed by atoms with van der Waals surface area (Å²) in [5.74, 6) is 0. The molecule has 5 nitrogen and oxygen atoms in total. The zero-order chi connectivity index (χ0) is 16.9. The van der Waals surface area contributed by atoms with Crippen LogP contribution in [0, 0.1) is 0 Å². The van der Waals surface area contributed by atoms with Gasteiger partial charge in [0, 0.05) is 18.2 Å². The van der Waals surface area contributed by atoms with E-state index in [-0.39, 0.29) is 5.56 Å². The van der Waals surface area contributed by atoms with Gasteiger partial charge in [-0.05, 0) is 12.5 Å². The van der Waals surface area contributed by atoms with Crippen molar-refractivity contribution in [3.8, 4) is 21.8 Å². The van der Waals surface area contributed by atoms with Crippen LogP contribution in [-0.4, -0.2) is 14.8 Å². The molecule has 0 fully saturated rings. The molecule has 3 rings (SSSR count). The van der Waals surface area contributed by atoms with Crippen LogP contribution in [0.4, 0.5) is 5.13 Å². The molecule has 24 heavy (non-hydrogen) atoms. The molecule has 0 saturated carbocycles. The lowest BCUT2D eigenvalue weighted by atomic mass is 10.1. The number of aromatic nitrogens is 3. The number of aryl methyl sites for hydroxylation is 1. The van der Waals surface area contributed by atoms with E-state index in [0.29, 0.717) is 11.7 Å². The summed E-state index contributed by atoms with van der Waals surface area (Å²) in [5, 5.41) is 5.03. The molecule has 124 valence electrons. The summed E-state index contributed by atoms with van der Waals surface area (Å²) in [6.45, 7) is 2.77. The fraction of sp³-hybridized carbons (Fsp3) is 0.278. The number of hydrogen-bond acceptors (Lipinski definition) is 5. The van der Waals surface area contributed by atoms with Gasteiger partial charge in [-0.2, -0.15) is 5.10 Å². The van der Waals surface area contributed by atoms with E-state index < -0.39 is 0 Å². The second-order valence-electron chi connectivity index (χ2n) is 5.58. The molecule has 2 heterocycles. The molecular weight excluding hydrogens is 320 g/mol. The quantitative estimate of drug-likeness (QED) is 0.693. The van der Waals surface area contributed by atoms with Crippen molar-refractivity contribution < 1.29 is 0 Å². The van der Waals surface area contributed by atoms with Crippen molar-refractivity contribution in [3.63, 3.8) is 0 Å². The van der Waals surface area contributed by atoms with E-state index in [1.54, 1.807) is 12.1 Å².